The predicted molar refractivity (Wildman–Crippen MR) is 175 cm³/mol. The average molecular weight is 628 g/mol. The standard InChI is InChI=1S/C36H41N3O5S/c1-2-44-27-18-16-26(17-19-27)37-21-9-15-29-30(33(37)41)31-34(42)39(28(23-40)24-11-5-3-6-12-24)32-35(43)38(25-13-7-4-8-14-25)22-10-20-36(31,32)45-29/h3,5-6,9-12,15-20,25,28-32,40H,2,4,7-8,13-14,21-23H2,1H3/t28-,29-,30+,31+,32?,36+/m1/s1. The number of likely N-dealkylation sites (tertiary alicyclic amines) is 1. The predicted octanol–water partition coefficient (Wildman–Crippen LogP) is 4.75. The van der Waals surface area contributed by atoms with Crippen LogP contribution >= 0.6 is 11.8 Å². The van der Waals surface area contributed by atoms with Gasteiger partial charge in [-0.15, -0.1) is 11.8 Å². The molecule has 6 atom stereocenters. The molecule has 0 radical (unpaired) electrons. The van der Waals surface area contributed by atoms with Crippen LogP contribution in [0.5, 0.6) is 5.75 Å². The molecule has 5 aliphatic rings. The van der Waals surface area contributed by atoms with Crippen molar-refractivity contribution in [3.05, 3.63) is 84.5 Å². The van der Waals surface area contributed by atoms with E-state index >= 15 is 0 Å². The first-order valence-corrected chi connectivity index (χ1v) is 17.2. The first-order chi connectivity index (χ1) is 22.0. The van der Waals surface area contributed by atoms with Gasteiger partial charge in [0.15, 0.2) is 0 Å². The van der Waals surface area contributed by atoms with Gasteiger partial charge in [0, 0.05) is 30.1 Å². The summed E-state index contributed by atoms with van der Waals surface area (Å²) in [5, 5.41) is 10.6. The van der Waals surface area contributed by atoms with E-state index < -0.39 is 28.7 Å². The molecule has 0 bridgehead atoms. The molecule has 2 aromatic carbocycles. The van der Waals surface area contributed by atoms with Gasteiger partial charge in [0.2, 0.25) is 17.7 Å². The fraction of sp³-hybridized carbons (Fsp3) is 0.472. The summed E-state index contributed by atoms with van der Waals surface area (Å²) in [7, 11) is 0. The van der Waals surface area contributed by atoms with Gasteiger partial charge in [0.25, 0.3) is 0 Å². The normalized spacial score (nSPS) is 30.5. The van der Waals surface area contributed by atoms with Crippen molar-refractivity contribution in [3.63, 3.8) is 0 Å². The molecule has 2 saturated heterocycles. The average Bonchev–Trinajstić information content (AvgIpc) is 3.38. The zero-order valence-corrected chi connectivity index (χ0v) is 26.5. The minimum Gasteiger partial charge on any atom is -0.494 e. The number of amides is 3. The molecule has 2 aromatic rings. The van der Waals surface area contributed by atoms with Crippen molar-refractivity contribution < 1.29 is 24.2 Å². The molecule has 1 spiro atoms. The first-order valence-electron chi connectivity index (χ1n) is 16.3. The summed E-state index contributed by atoms with van der Waals surface area (Å²) in [5.74, 6) is -1.09. The smallest absolute Gasteiger partial charge is 0.247 e. The molecule has 4 heterocycles. The molecule has 1 aliphatic carbocycles. The van der Waals surface area contributed by atoms with Gasteiger partial charge in [0.1, 0.15) is 11.8 Å². The Kier molecular flexibility index (Phi) is 8.25. The number of nitrogens with zero attached hydrogens (tertiary/aromatic N) is 3. The maximum Gasteiger partial charge on any atom is 0.247 e. The lowest BCUT2D eigenvalue weighted by Gasteiger charge is -2.41. The number of benzene rings is 2. The number of hydrogen-bond donors (Lipinski definition) is 1. The molecule has 1 unspecified atom stereocenters. The molecule has 4 aliphatic heterocycles. The zero-order valence-electron chi connectivity index (χ0n) is 25.7. The van der Waals surface area contributed by atoms with Crippen molar-refractivity contribution in [1.82, 2.24) is 9.80 Å². The SMILES string of the molecule is CCOc1ccc(N2CC=C[C@H]3S[C@]45C=CCN(C6CCCCC6)C(=O)C4N([C@H](CO)c4ccccc4)C(=O)[C@@H]5[C@H]3C2=O)cc1. The van der Waals surface area contributed by atoms with Gasteiger partial charge in [-0.2, -0.15) is 0 Å². The quantitative estimate of drug-likeness (QED) is 0.446. The van der Waals surface area contributed by atoms with Crippen LogP contribution in [0.4, 0.5) is 5.69 Å². The van der Waals surface area contributed by atoms with Crippen molar-refractivity contribution >= 4 is 35.2 Å². The van der Waals surface area contributed by atoms with Gasteiger partial charge < -0.3 is 24.5 Å². The van der Waals surface area contributed by atoms with E-state index in [0.29, 0.717) is 19.7 Å². The fourth-order valence-electron chi connectivity index (χ4n) is 8.30. The molecule has 0 aromatic heterocycles. The number of rotatable bonds is 7. The second-order valence-corrected chi connectivity index (χ2v) is 14.2. The summed E-state index contributed by atoms with van der Waals surface area (Å²) in [6.45, 7) is 3.05. The van der Waals surface area contributed by atoms with Gasteiger partial charge in [-0.05, 0) is 49.6 Å². The largest absolute Gasteiger partial charge is 0.494 e. The van der Waals surface area contributed by atoms with Crippen LogP contribution in [0.2, 0.25) is 0 Å². The summed E-state index contributed by atoms with van der Waals surface area (Å²) in [6.07, 6.45) is 13.5. The Labute approximate surface area is 269 Å². The van der Waals surface area contributed by atoms with E-state index in [9.17, 15) is 19.5 Å². The number of ether oxygens (including phenoxy) is 1. The maximum absolute atomic E-state index is 14.9. The van der Waals surface area contributed by atoms with Gasteiger partial charge >= 0.3 is 0 Å². The van der Waals surface area contributed by atoms with Crippen LogP contribution in [0.15, 0.2) is 78.9 Å². The van der Waals surface area contributed by atoms with E-state index in [4.69, 9.17) is 4.74 Å². The zero-order chi connectivity index (χ0) is 31.1. The summed E-state index contributed by atoms with van der Waals surface area (Å²) >= 11 is 1.58. The lowest BCUT2D eigenvalue weighted by Crippen LogP contribution is -2.56. The van der Waals surface area contributed by atoms with Gasteiger partial charge in [-0.1, -0.05) is 73.9 Å². The molecule has 7 rings (SSSR count). The van der Waals surface area contributed by atoms with Gasteiger partial charge in [0.05, 0.1) is 35.8 Å². The number of carbonyl (C=O) groups is 3. The van der Waals surface area contributed by atoms with Gasteiger partial charge in [-0.25, -0.2) is 0 Å². The Morgan fingerprint density at radius 2 is 1.69 bits per heavy atom. The third-order valence-electron chi connectivity index (χ3n) is 10.3. The lowest BCUT2D eigenvalue weighted by molar-refractivity contribution is -0.147. The van der Waals surface area contributed by atoms with Crippen LogP contribution in [0.25, 0.3) is 0 Å². The number of carbonyl (C=O) groups excluding carboxylic acids is 3. The number of aliphatic hydroxyl groups excluding tert-OH is 1. The minimum atomic E-state index is -0.934. The first kappa shape index (κ1) is 30.1. The van der Waals surface area contributed by atoms with Crippen molar-refractivity contribution in [2.24, 2.45) is 11.8 Å². The molecule has 236 valence electrons. The fourth-order valence-corrected chi connectivity index (χ4v) is 10.3. The Hall–Kier alpha value is -3.56. The highest BCUT2D eigenvalue weighted by atomic mass is 32.2. The van der Waals surface area contributed by atoms with E-state index in [1.165, 1.54) is 6.42 Å². The Balaban J connectivity index is 1.31. The minimum absolute atomic E-state index is 0.0686. The second-order valence-electron chi connectivity index (χ2n) is 12.7. The van der Waals surface area contributed by atoms with Crippen LogP contribution in [0.3, 0.4) is 0 Å². The molecular formula is C36H41N3O5S. The van der Waals surface area contributed by atoms with Crippen LogP contribution in [-0.2, 0) is 14.4 Å². The van der Waals surface area contributed by atoms with Crippen LogP contribution in [0.1, 0.15) is 50.6 Å². The monoisotopic (exact) mass is 627 g/mol. The maximum atomic E-state index is 14.9. The van der Waals surface area contributed by atoms with Gasteiger partial charge in [-0.3, -0.25) is 14.4 Å². The van der Waals surface area contributed by atoms with Crippen LogP contribution in [0, 0.1) is 11.8 Å². The molecule has 8 nitrogen and oxygen atoms in total. The highest BCUT2D eigenvalue weighted by Crippen LogP contribution is 2.62. The van der Waals surface area contributed by atoms with E-state index in [1.807, 2.05) is 72.5 Å². The van der Waals surface area contributed by atoms with E-state index in [-0.39, 0.29) is 35.6 Å². The third-order valence-corrected chi connectivity index (χ3v) is 12.0. The molecule has 9 heteroatoms. The number of hydrogen-bond acceptors (Lipinski definition) is 6. The molecule has 45 heavy (non-hydrogen) atoms. The molecule has 3 amide bonds. The van der Waals surface area contributed by atoms with Crippen LogP contribution < -0.4 is 9.64 Å². The van der Waals surface area contributed by atoms with E-state index in [0.717, 1.165) is 42.7 Å². The highest BCUT2D eigenvalue weighted by molar-refractivity contribution is 8.02. The number of aliphatic hydroxyl groups is 1. The third kappa shape index (κ3) is 4.99. The van der Waals surface area contributed by atoms with Crippen molar-refractivity contribution in [2.45, 2.75) is 67.2 Å². The number of anilines is 1. The van der Waals surface area contributed by atoms with E-state index in [2.05, 4.69) is 18.2 Å². The van der Waals surface area contributed by atoms with Crippen LogP contribution in [-0.4, -0.2) is 81.0 Å². The van der Waals surface area contributed by atoms with E-state index in [1.54, 1.807) is 21.6 Å². The Morgan fingerprint density at radius 3 is 2.40 bits per heavy atom. The van der Waals surface area contributed by atoms with Crippen molar-refractivity contribution in [3.8, 4) is 5.75 Å². The number of fused-ring (bicyclic) bond motifs is 2. The summed E-state index contributed by atoms with van der Waals surface area (Å²) in [4.78, 5) is 49.8. The van der Waals surface area contributed by atoms with Crippen molar-refractivity contribution in [2.75, 3.05) is 31.2 Å². The molecular weight excluding hydrogens is 586 g/mol. The summed E-state index contributed by atoms with van der Waals surface area (Å²) in [5.41, 5.74) is 1.52. The topological polar surface area (TPSA) is 90.4 Å². The highest BCUT2D eigenvalue weighted by Gasteiger charge is 2.72. The summed E-state index contributed by atoms with van der Waals surface area (Å²) in [6, 6.07) is 15.6. The molecule has 1 saturated carbocycles. The Bertz CT molecular complexity index is 1490. The van der Waals surface area contributed by atoms with Crippen molar-refractivity contribution in [1.29, 1.82) is 0 Å². The Morgan fingerprint density at radius 1 is 0.933 bits per heavy atom. The summed E-state index contributed by atoms with van der Waals surface area (Å²) < 4.78 is 4.69. The lowest BCUT2D eigenvalue weighted by atomic mass is 9.78. The molecule has 1 N–H and O–H groups in total. The molecule has 3 fully saturated rings. The second kappa shape index (κ2) is 12.3. The number of thioether (sulfide) groups is 1.